The van der Waals surface area contributed by atoms with Crippen LogP contribution in [0.4, 0.5) is 17.1 Å². The lowest BCUT2D eigenvalue weighted by molar-refractivity contribution is 0.102. The number of aromatic nitrogens is 1. The molecule has 0 saturated heterocycles. The predicted molar refractivity (Wildman–Crippen MR) is 130 cm³/mol. The number of rotatable bonds is 7. The fourth-order valence-corrected chi connectivity index (χ4v) is 3.91. The summed E-state index contributed by atoms with van der Waals surface area (Å²) in [5.41, 5.74) is 2.70. The standard InChI is InChI=1S/C24H19ClN4O2S/c25-24-27-15-21(32-24)14-26-20-12-16(22(30)28-18-7-3-1-4-8-18)11-17(13-20)23(31)29-19-9-5-2-6-10-19/h1-13,15,26H,14H2,(H,28,30)(H,29,31). The fourth-order valence-electron chi connectivity index (χ4n) is 3.00. The molecule has 0 atom stereocenters. The van der Waals surface area contributed by atoms with Crippen LogP contribution in [-0.2, 0) is 6.54 Å². The summed E-state index contributed by atoms with van der Waals surface area (Å²) in [6, 6.07) is 23.3. The zero-order chi connectivity index (χ0) is 22.3. The third-order valence-corrected chi connectivity index (χ3v) is 5.63. The molecule has 3 aromatic carbocycles. The quantitative estimate of drug-likeness (QED) is 0.318. The Hall–Kier alpha value is -3.68. The van der Waals surface area contributed by atoms with E-state index in [4.69, 9.17) is 11.6 Å². The molecule has 8 heteroatoms. The number of para-hydroxylation sites is 2. The van der Waals surface area contributed by atoms with Crippen molar-refractivity contribution in [3.8, 4) is 0 Å². The second-order valence-electron chi connectivity index (χ2n) is 6.87. The lowest BCUT2D eigenvalue weighted by Gasteiger charge is -2.12. The van der Waals surface area contributed by atoms with Crippen LogP contribution in [-0.4, -0.2) is 16.8 Å². The van der Waals surface area contributed by atoms with E-state index in [-0.39, 0.29) is 11.8 Å². The molecule has 6 nitrogen and oxygen atoms in total. The molecule has 1 heterocycles. The van der Waals surface area contributed by atoms with E-state index < -0.39 is 0 Å². The molecule has 2 amide bonds. The van der Waals surface area contributed by atoms with Gasteiger partial charge in [0.15, 0.2) is 4.47 Å². The minimum atomic E-state index is -0.311. The summed E-state index contributed by atoms with van der Waals surface area (Å²) in [6.07, 6.45) is 1.69. The van der Waals surface area contributed by atoms with Crippen molar-refractivity contribution in [1.29, 1.82) is 0 Å². The molecule has 4 rings (SSSR count). The highest BCUT2D eigenvalue weighted by Gasteiger charge is 2.14. The molecule has 0 unspecified atom stereocenters. The van der Waals surface area contributed by atoms with Gasteiger partial charge < -0.3 is 16.0 Å². The van der Waals surface area contributed by atoms with Crippen molar-refractivity contribution in [2.24, 2.45) is 0 Å². The number of carbonyl (C=O) groups is 2. The number of halogens is 1. The van der Waals surface area contributed by atoms with Gasteiger partial charge in [-0.15, -0.1) is 11.3 Å². The van der Waals surface area contributed by atoms with Crippen molar-refractivity contribution in [2.75, 3.05) is 16.0 Å². The van der Waals surface area contributed by atoms with Crippen molar-refractivity contribution in [3.05, 3.63) is 106 Å². The number of nitrogens with zero attached hydrogens (tertiary/aromatic N) is 1. The average molecular weight is 463 g/mol. The van der Waals surface area contributed by atoms with Gasteiger partial charge in [-0.25, -0.2) is 4.98 Å². The molecule has 0 aliphatic rings. The van der Waals surface area contributed by atoms with E-state index in [1.807, 2.05) is 36.4 Å². The Kier molecular flexibility index (Phi) is 6.79. The predicted octanol–water partition coefficient (Wildman–Crippen LogP) is 5.91. The highest BCUT2D eigenvalue weighted by Crippen LogP contribution is 2.22. The van der Waals surface area contributed by atoms with Crippen molar-refractivity contribution < 1.29 is 9.59 Å². The van der Waals surface area contributed by atoms with Gasteiger partial charge in [-0.1, -0.05) is 48.0 Å². The summed E-state index contributed by atoms with van der Waals surface area (Å²) in [7, 11) is 0. The van der Waals surface area contributed by atoms with Gasteiger partial charge in [-0.2, -0.15) is 0 Å². The zero-order valence-corrected chi connectivity index (χ0v) is 18.4. The highest BCUT2D eigenvalue weighted by molar-refractivity contribution is 7.15. The summed E-state index contributed by atoms with van der Waals surface area (Å²) in [5.74, 6) is -0.621. The number of anilines is 3. The highest BCUT2D eigenvalue weighted by atomic mass is 35.5. The van der Waals surface area contributed by atoms with E-state index in [2.05, 4.69) is 20.9 Å². The third kappa shape index (κ3) is 5.72. The van der Waals surface area contributed by atoms with E-state index in [0.717, 1.165) is 4.88 Å². The third-order valence-electron chi connectivity index (χ3n) is 4.51. The monoisotopic (exact) mass is 462 g/mol. The number of carbonyl (C=O) groups excluding carboxylic acids is 2. The maximum Gasteiger partial charge on any atom is 0.255 e. The van der Waals surface area contributed by atoms with Gasteiger partial charge in [-0.3, -0.25) is 9.59 Å². The molecule has 0 aliphatic heterocycles. The Labute approximate surface area is 194 Å². The van der Waals surface area contributed by atoms with Gasteiger partial charge in [-0.05, 0) is 42.5 Å². The summed E-state index contributed by atoms with van der Waals surface area (Å²) in [4.78, 5) is 30.7. The fraction of sp³-hybridized carbons (Fsp3) is 0.0417. The van der Waals surface area contributed by atoms with Gasteiger partial charge in [0.2, 0.25) is 0 Å². The number of thiazole rings is 1. The van der Waals surface area contributed by atoms with Crippen LogP contribution in [0.5, 0.6) is 0 Å². The van der Waals surface area contributed by atoms with E-state index in [9.17, 15) is 9.59 Å². The summed E-state index contributed by atoms with van der Waals surface area (Å²) >= 11 is 7.27. The zero-order valence-electron chi connectivity index (χ0n) is 16.8. The van der Waals surface area contributed by atoms with E-state index >= 15 is 0 Å². The second kappa shape index (κ2) is 10.1. The van der Waals surface area contributed by atoms with Crippen LogP contribution in [0.2, 0.25) is 4.47 Å². The van der Waals surface area contributed by atoms with Crippen molar-refractivity contribution in [2.45, 2.75) is 6.54 Å². The summed E-state index contributed by atoms with van der Waals surface area (Å²) in [5, 5.41) is 8.95. The minimum Gasteiger partial charge on any atom is -0.380 e. The molecular formula is C24H19ClN4O2S. The lowest BCUT2D eigenvalue weighted by Crippen LogP contribution is -2.16. The van der Waals surface area contributed by atoms with E-state index in [0.29, 0.717) is 39.2 Å². The normalized spacial score (nSPS) is 10.4. The minimum absolute atomic E-state index is 0.311. The van der Waals surface area contributed by atoms with Crippen LogP contribution < -0.4 is 16.0 Å². The summed E-state index contributed by atoms with van der Waals surface area (Å²) in [6.45, 7) is 0.466. The van der Waals surface area contributed by atoms with Crippen molar-refractivity contribution in [3.63, 3.8) is 0 Å². The molecule has 0 bridgehead atoms. The van der Waals surface area contributed by atoms with Gasteiger partial charge in [0.1, 0.15) is 0 Å². The molecule has 32 heavy (non-hydrogen) atoms. The molecule has 3 N–H and O–H groups in total. The van der Waals surface area contributed by atoms with Crippen molar-refractivity contribution in [1.82, 2.24) is 4.98 Å². The summed E-state index contributed by atoms with van der Waals surface area (Å²) < 4.78 is 0.459. The maximum atomic E-state index is 12.9. The number of hydrogen-bond acceptors (Lipinski definition) is 5. The molecular weight excluding hydrogens is 444 g/mol. The molecule has 0 spiro atoms. The molecule has 0 radical (unpaired) electrons. The SMILES string of the molecule is O=C(Nc1ccccc1)c1cc(NCc2cnc(Cl)s2)cc(C(=O)Nc2ccccc2)c1. The number of benzene rings is 3. The molecule has 0 saturated carbocycles. The largest absolute Gasteiger partial charge is 0.380 e. The Morgan fingerprint density at radius 3 is 1.78 bits per heavy atom. The van der Waals surface area contributed by atoms with Gasteiger partial charge in [0.25, 0.3) is 11.8 Å². The van der Waals surface area contributed by atoms with Crippen LogP contribution in [0.1, 0.15) is 25.6 Å². The molecule has 160 valence electrons. The van der Waals surface area contributed by atoms with Crippen LogP contribution in [0.3, 0.4) is 0 Å². The first-order chi connectivity index (χ1) is 15.6. The molecule has 0 fully saturated rings. The van der Waals surface area contributed by atoms with Gasteiger partial charge in [0, 0.05) is 39.3 Å². The maximum absolute atomic E-state index is 12.9. The average Bonchev–Trinajstić information content (AvgIpc) is 3.24. The van der Waals surface area contributed by atoms with Gasteiger partial charge >= 0.3 is 0 Å². The Morgan fingerprint density at radius 1 is 0.781 bits per heavy atom. The Morgan fingerprint density at radius 2 is 1.31 bits per heavy atom. The number of amides is 2. The van der Waals surface area contributed by atoms with Crippen LogP contribution in [0, 0.1) is 0 Å². The van der Waals surface area contributed by atoms with Crippen LogP contribution >= 0.6 is 22.9 Å². The Balaban J connectivity index is 1.59. The topological polar surface area (TPSA) is 83.1 Å². The molecule has 0 aliphatic carbocycles. The first kappa shape index (κ1) is 21.5. The van der Waals surface area contributed by atoms with E-state index in [1.165, 1.54) is 11.3 Å². The smallest absolute Gasteiger partial charge is 0.255 e. The molecule has 1 aromatic heterocycles. The Bertz CT molecular complexity index is 1160. The number of hydrogen-bond donors (Lipinski definition) is 3. The second-order valence-corrected chi connectivity index (χ2v) is 8.57. The van der Waals surface area contributed by atoms with Gasteiger partial charge in [0.05, 0.1) is 6.54 Å². The first-order valence-corrected chi connectivity index (χ1v) is 11.0. The van der Waals surface area contributed by atoms with Crippen LogP contribution in [0.25, 0.3) is 0 Å². The first-order valence-electron chi connectivity index (χ1n) is 9.79. The number of nitrogens with one attached hydrogen (secondary N) is 3. The lowest BCUT2D eigenvalue weighted by atomic mass is 10.1. The molecule has 4 aromatic rings. The van der Waals surface area contributed by atoms with E-state index in [1.54, 1.807) is 48.7 Å². The van der Waals surface area contributed by atoms with Crippen LogP contribution in [0.15, 0.2) is 85.1 Å². The van der Waals surface area contributed by atoms with Crippen molar-refractivity contribution >= 4 is 51.8 Å².